The number of alkyl halides is 3. The highest BCUT2D eigenvalue weighted by atomic mass is 32.2. The maximum absolute atomic E-state index is 12.7. The molecule has 3 rings (SSSR count). The molecule has 1 saturated heterocycles. The SMILES string of the molecule is O=C(Nc1ccccc1SCC(F)(F)F)C1CCCN(C(=O)c2cccs2)C1. The van der Waals surface area contributed by atoms with Gasteiger partial charge >= 0.3 is 6.18 Å². The highest BCUT2D eigenvalue weighted by Crippen LogP contribution is 2.32. The number of piperidine rings is 1. The first kappa shape index (κ1) is 20.7. The van der Waals surface area contributed by atoms with Crippen molar-refractivity contribution in [2.45, 2.75) is 23.9 Å². The number of thioether (sulfide) groups is 1. The lowest BCUT2D eigenvalue weighted by atomic mass is 9.97. The van der Waals surface area contributed by atoms with E-state index in [-0.39, 0.29) is 11.8 Å². The summed E-state index contributed by atoms with van der Waals surface area (Å²) in [5.74, 6) is -1.78. The predicted octanol–water partition coefficient (Wildman–Crippen LogP) is 4.89. The predicted molar refractivity (Wildman–Crippen MR) is 105 cm³/mol. The van der Waals surface area contributed by atoms with E-state index in [2.05, 4.69) is 5.32 Å². The topological polar surface area (TPSA) is 49.4 Å². The van der Waals surface area contributed by atoms with Crippen molar-refractivity contribution in [3.63, 3.8) is 0 Å². The van der Waals surface area contributed by atoms with Gasteiger partial charge in [0.2, 0.25) is 5.91 Å². The number of likely N-dealkylation sites (tertiary alicyclic amines) is 1. The van der Waals surface area contributed by atoms with Crippen LogP contribution in [0.25, 0.3) is 0 Å². The summed E-state index contributed by atoms with van der Waals surface area (Å²) in [6.45, 7) is 0.902. The van der Waals surface area contributed by atoms with Crippen molar-refractivity contribution in [3.8, 4) is 0 Å². The highest BCUT2D eigenvalue weighted by molar-refractivity contribution is 7.99. The number of hydrogen-bond acceptors (Lipinski definition) is 4. The number of carbonyl (C=O) groups is 2. The molecule has 2 amide bonds. The second-order valence-electron chi connectivity index (χ2n) is 6.46. The van der Waals surface area contributed by atoms with Crippen LogP contribution in [0.15, 0.2) is 46.7 Å². The Hall–Kier alpha value is -2.00. The number of para-hydroxylation sites is 1. The van der Waals surface area contributed by atoms with Gasteiger partial charge in [-0.3, -0.25) is 9.59 Å². The van der Waals surface area contributed by atoms with E-state index in [1.54, 1.807) is 35.2 Å². The van der Waals surface area contributed by atoms with E-state index in [0.29, 0.717) is 53.2 Å². The Morgan fingerprint density at radius 2 is 2.00 bits per heavy atom. The lowest BCUT2D eigenvalue weighted by Crippen LogP contribution is -2.43. The monoisotopic (exact) mass is 428 g/mol. The molecule has 1 aromatic carbocycles. The summed E-state index contributed by atoms with van der Waals surface area (Å²) >= 11 is 2.00. The lowest BCUT2D eigenvalue weighted by molar-refractivity contribution is -0.121. The fourth-order valence-electron chi connectivity index (χ4n) is 3.02. The van der Waals surface area contributed by atoms with Gasteiger partial charge in [-0.25, -0.2) is 0 Å². The number of thiophene rings is 1. The smallest absolute Gasteiger partial charge is 0.337 e. The molecular formula is C19H19F3N2O2S2. The molecule has 1 fully saturated rings. The molecule has 4 nitrogen and oxygen atoms in total. The molecule has 0 aliphatic carbocycles. The molecule has 150 valence electrons. The van der Waals surface area contributed by atoms with Crippen LogP contribution in [-0.4, -0.2) is 41.7 Å². The lowest BCUT2D eigenvalue weighted by Gasteiger charge is -2.32. The van der Waals surface area contributed by atoms with Gasteiger partial charge in [-0.2, -0.15) is 13.2 Å². The minimum absolute atomic E-state index is 0.0892. The molecule has 0 radical (unpaired) electrons. The van der Waals surface area contributed by atoms with Crippen LogP contribution in [0.5, 0.6) is 0 Å². The van der Waals surface area contributed by atoms with Crippen molar-refractivity contribution in [2.24, 2.45) is 5.92 Å². The first-order valence-electron chi connectivity index (χ1n) is 8.76. The van der Waals surface area contributed by atoms with Crippen molar-refractivity contribution in [1.82, 2.24) is 4.90 Å². The van der Waals surface area contributed by atoms with Crippen molar-refractivity contribution in [2.75, 3.05) is 24.2 Å². The number of amides is 2. The molecule has 1 unspecified atom stereocenters. The molecule has 0 saturated carbocycles. The maximum atomic E-state index is 12.7. The fraction of sp³-hybridized carbons (Fsp3) is 0.368. The Kier molecular flexibility index (Phi) is 6.66. The van der Waals surface area contributed by atoms with Crippen LogP contribution in [0.3, 0.4) is 0 Å². The van der Waals surface area contributed by atoms with Crippen LogP contribution in [0.1, 0.15) is 22.5 Å². The summed E-state index contributed by atoms with van der Waals surface area (Å²) < 4.78 is 37.6. The van der Waals surface area contributed by atoms with E-state index in [9.17, 15) is 22.8 Å². The van der Waals surface area contributed by atoms with E-state index in [4.69, 9.17) is 0 Å². The Morgan fingerprint density at radius 3 is 2.71 bits per heavy atom. The Morgan fingerprint density at radius 1 is 1.21 bits per heavy atom. The van der Waals surface area contributed by atoms with Crippen LogP contribution in [-0.2, 0) is 4.79 Å². The zero-order valence-electron chi connectivity index (χ0n) is 14.9. The third-order valence-corrected chi connectivity index (χ3v) is 6.34. The molecule has 0 bridgehead atoms. The second kappa shape index (κ2) is 9.00. The zero-order valence-corrected chi connectivity index (χ0v) is 16.5. The summed E-state index contributed by atoms with van der Waals surface area (Å²) in [5, 5.41) is 4.58. The third-order valence-electron chi connectivity index (χ3n) is 4.35. The summed E-state index contributed by atoms with van der Waals surface area (Å²) in [6, 6.07) is 10.0. The van der Waals surface area contributed by atoms with Crippen LogP contribution >= 0.6 is 23.1 Å². The minimum Gasteiger partial charge on any atom is -0.337 e. The van der Waals surface area contributed by atoms with Gasteiger partial charge in [-0.05, 0) is 36.4 Å². The number of nitrogens with zero attached hydrogens (tertiary/aromatic N) is 1. The molecule has 1 N–H and O–H groups in total. The van der Waals surface area contributed by atoms with Gasteiger partial charge in [-0.1, -0.05) is 18.2 Å². The number of halogens is 3. The van der Waals surface area contributed by atoms with Crippen molar-refractivity contribution in [3.05, 3.63) is 46.7 Å². The summed E-state index contributed by atoms with van der Waals surface area (Å²) in [6.07, 6.45) is -2.94. The summed E-state index contributed by atoms with van der Waals surface area (Å²) in [7, 11) is 0. The number of carbonyl (C=O) groups excluding carboxylic acids is 2. The maximum Gasteiger partial charge on any atom is 0.398 e. The van der Waals surface area contributed by atoms with Crippen LogP contribution in [0.2, 0.25) is 0 Å². The third kappa shape index (κ3) is 5.51. The number of anilines is 1. The first-order chi connectivity index (χ1) is 13.3. The molecule has 2 aromatic rings. The van der Waals surface area contributed by atoms with E-state index in [1.165, 1.54) is 11.3 Å². The molecule has 28 heavy (non-hydrogen) atoms. The highest BCUT2D eigenvalue weighted by Gasteiger charge is 2.30. The number of hydrogen-bond donors (Lipinski definition) is 1. The van der Waals surface area contributed by atoms with Gasteiger partial charge in [0.1, 0.15) is 0 Å². The van der Waals surface area contributed by atoms with Gasteiger partial charge in [0.15, 0.2) is 0 Å². The number of rotatable bonds is 5. The second-order valence-corrected chi connectivity index (χ2v) is 8.42. The van der Waals surface area contributed by atoms with Crippen LogP contribution in [0, 0.1) is 5.92 Å². The molecule has 2 heterocycles. The van der Waals surface area contributed by atoms with E-state index < -0.39 is 17.8 Å². The molecule has 0 spiro atoms. The molecular weight excluding hydrogens is 409 g/mol. The van der Waals surface area contributed by atoms with Gasteiger partial charge in [0, 0.05) is 18.0 Å². The van der Waals surface area contributed by atoms with Crippen molar-refractivity contribution >= 4 is 40.6 Å². The Labute approximate surface area is 169 Å². The van der Waals surface area contributed by atoms with Gasteiger partial charge in [-0.15, -0.1) is 23.1 Å². The number of benzene rings is 1. The first-order valence-corrected chi connectivity index (χ1v) is 10.6. The Bertz CT molecular complexity index is 825. The average molecular weight is 429 g/mol. The molecule has 1 aliphatic heterocycles. The fourth-order valence-corrected chi connectivity index (χ4v) is 4.48. The zero-order chi connectivity index (χ0) is 20.1. The average Bonchev–Trinajstić information content (AvgIpc) is 3.21. The van der Waals surface area contributed by atoms with Crippen molar-refractivity contribution < 1.29 is 22.8 Å². The van der Waals surface area contributed by atoms with Crippen LogP contribution < -0.4 is 5.32 Å². The van der Waals surface area contributed by atoms with Crippen molar-refractivity contribution in [1.29, 1.82) is 0 Å². The molecule has 1 atom stereocenters. The minimum atomic E-state index is -4.28. The van der Waals surface area contributed by atoms with E-state index in [0.717, 1.165) is 0 Å². The van der Waals surface area contributed by atoms with E-state index in [1.807, 2.05) is 11.4 Å². The molecule has 1 aromatic heterocycles. The van der Waals surface area contributed by atoms with Crippen LogP contribution in [0.4, 0.5) is 18.9 Å². The standard InChI is InChI=1S/C19H19F3N2O2S2/c20-19(21,22)12-28-15-7-2-1-6-14(15)23-17(25)13-5-3-9-24(11-13)18(26)16-8-4-10-27-16/h1-2,4,6-8,10,13H,3,5,9,11-12H2,(H,23,25). The van der Waals surface area contributed by atoms with E-state index >= 15 is 0 Å². The number of nitrogens with one attached hydrogen (secondary N) is 1. The van der Waals surface area contributed by atoms with Gasteiger partial charge < -0.3 is 10.2 Å². The molecule has 1 aliphatic rings. The molecule has 9 heteroatoms. The van der Waals surface area contributed by atoms with Gasteiger partial charge in [0.25, 0.3) is 5.91 Å². The van der Waals surface area contributed by atoms with Gasteiger partial charge in [0.05, 0.1) is 22.2 Å². The quantitative estimate of drug-likeness (QED) is 0.690. The largest absolute Gasteiger partial charge is 0.398 e. The Balaban J connectivity index is 1.64. The summed E-state index contributed by atoms with van der Waals surface area (Å²) in [5.41, 5.74) is 0.364. The normalized spacial score (nSPS) is 17.4. The summed E-state index contributed by atoms with van der Waals surface area (Å²) in [4.78, 5) is 27.9.